The Morgan fingerprint density at radius 1 is 1.35 bits per heavy atom. The highest BCUT2D eigenvalue weighted by Gasteiger charge is 2.36. The van der Waals surface area contributed by atoms with E-state index in [0.29, 0.717) is 22.1 Å². The predicted molar refractivity (Wildman–Crippen MR) is 81.5 cm³/mol. The van der Waals surface area contributed by atoms with Crippen LogP contribution in [-0.4, -0.2) is 28.1 Å². The van der Waals surface area contributed by atoms with Crippen molar-refractivity contribution in [1.29, 1.82) is 0 Å². The quantitative estimate of drug-likeness (QED) is 0.831. The summed E-state index contributed by atoms with van der Waals surface area (Å²) in [5.74, 6) is -0.191. The molecule has 0 aromatic carbocycles. The van der Waals surface area contributed by atoms with Crippen LogP contribution in [-0.2, 0) is 0 Å². The highest BCUT2D eigenvalue weighted by molar-refractivity contribution is 9.10. The molecule has 1 aromatic rings. The van der Waals surface area contributed by atoms with Gasteiger partial charge in [-0.1, -0.05) is 13.8 Å². The molecule has 1 fully saturated rings. The second-order valence-electron chi connectivity index (χ2n) is 6.44. The number of hydrogen-bond acceptors (Lipinski definition) is 3. The van der Waals surface area contributed by atoms with E-state index in [1.807, 2.05) is 0 Å². The van der Waals surface area contributed by atoms with E-state index < -0.39 is 5.60 Å². The van der Waals surface area contributed by atoms with Crippen LogP contribution in [0.15, 0.2) is 22.9 Å². The minimum absolute atomic E-state index is 0.191. The third-order valence-electron chi connectivity index (χ3n) is 4.10. The number of aliphatic hydroxyl groups is 1. The van der Waals surface area contributed by atoms with Crippen molar-refractivity contribution in [2.75, 3.05) is 6.54 Å². The number of hydrogen-bond donors (Lipinski definition) is 2. The molecule has 0 spiro atoms. The maximum Gasteiger partial charge on any atom is 0.252 e. The molecule has 1 saturated carbocycles. The predicted octanol–water partition coefficient (Wildman–Crippen LogP) is 2.91. The first-order valence-corrected chi connectivity index (χ1v) is 7.71. The van der Waals surface area contributed by atoms with Gasteiger partial charge in [-0.3, -0.25) is 4.79 Å². The van der Waals surface area contributed by atoms with Crippen molar-refractivity contribution >= 4 is 21.8 Å². The molecule has 0 unspecified atom stereocenters. The van der Waals surface area contributed by atoms with Gasteiger partial charge in [0.15, 0.2) is 0 Å². The van der Waals surface area contributed by atoms with Crippen LogP contribution in [0.25, 0.3) is 0 Å². The Bertz CT molecular complexity index is 475. The zero-order valence-electron chi connectivity index (χ0n) is 11.9. The minimum atomic E-state index is -0.770. The van der Waals surface area contributed by atoms with E-state index in [1.165, 1.54) is 6.20 Å². The molecule has 0 saturated heterocycles. The van der Waals surface area contributed by atoms with Gasteiger partial charge in [0.25, 0.3) is 5.91 Å². The summed E-state index contributed by atoms with van der Waals surface area (Å²) in [5, 5.41) is 13.3. The number of rotatable bonds is 3. The molecule has 0 bridgehead atoms. The zero-order chi connectivity index (χ0) is 14.8. The molecule has 2 rings (SSSR count). The van der Waals surface area contributed by atoms with Gasteiger partial charge in [-0.25, -0.2) is 4.98 Å². The summed E-state index contributed by atoms with van der Waals surface area (Å²) >= 11 is 3.23. The second-order valence-corrected chi connectivity index (χ2v) is 7.25. The molecule has 1 aliphatic rings. The maximum absolute atomic E-state index is 12.0. The van der Waals surface area contributed by atoms with Crippen LogP contribution in [0, 0.1) is 5.41 Å². The lowest BCUT2D eigenvalue weighted by atomic mass is 9.71. The molecule has 20 heavy (non-hydrogen) atoms. The number of amides is 1. The molecule has 1 aliphatic carbocycles. The maximum atomic E-state index is 12.0. The molecule has 1 amide bonds. The normalized spacial score (nSPS) is 20.4. The number of pyridine rings is 1. The van der Waals surface area contributed by atoms with Crippen LogP contribution < -0.4 is 5.32 Å². The molecule has 0 atom stereocenters. The van der Waals surface area contributed by atoms with Gasteiger partial charge in [0.05, 0.1) is 11.2 Å². The molecule has 5 heteroatoms. The first-order valence-electron chi connectivity index (χ1n) is 6.92. The lowest BCUT2D eigenvalue weighted by Crippen LogP contribution is -2.46. The Labute approximate surface area is 128 Å². The van der Waals surface area contributed by atoms with Crippen LogP contribution >= 0.6 is 15.9 Å². The van der Waals surface area contributed by atoms with Gasteiger partial charge < -0.3 is 10.4 Å². The third-order valence-corrected chi connectivity index (χ3v) is 4.57. The summed E-state index contributed by atoms with van der Waals surface area (Å²) in [4.78, 5) is 16.0. The topological polar surface area (TPSA) is 62.2 Å². The number of halogens is 1. The molecule has 0 aliphatic heterocycles. The minimum Gasteiger partial charge on any atom is -0.388 e. The molecule has 110 valence electrons. The molecular weight excluding hydrogens is 320 g/mol. The summed E-state index contributed by atoms with van der Waals surface area (Å²) in [6.45, 7) is 4.75. The Balaban J connectivity index is 1.89. The second kappa shape index (κ2) is 5.82. The Morgan fingerprint density at radius 3 is 2.55 bits per heavy atom. The van der Waals surface area contributed by atoms with Crippen molar-refractivity contribution < 1.29 is 9.90 Å². The molecule has 4 nitrogen and oxygen atoms in total. The van der Waals surface area contributed by atoms with Gasteiger partial charge in [0, 0.05) is 12.7 Å². The van der Waals surface area contributed by atoms with Gasteiger partial charge in [0.1, 0.15) is 4.60 Å². The van der Waals surface area contributed by atoms with Crippen molar-refractivity contribution in [1.82, 2.24) is 10.3 Å². The lowest BCUT2D eigenvalue weighted by molar-refractivity contribution is -0.0233. The number of nitrogens with zero attached hydrogens (tertiary/aromatic N) is 1. The molecular formula is C15H21BrN2O2. The summed E-state index contributed by atoms with van der Waals surface area (Å²) in [6, 6.07) is 3.44. The van der Waals surface area contributed by atoms with E-state index in [4.69, 9.17) is 0 Å². The van der Waals surface area contributed by atoms with Crippen LogP contribution in [0.4, 0.5) is 0 Å². The van der Waals surface area contributed by atoms with Crippen molar-refractivity contribution in [2.24, 2.45) is 5.41 Å². The average molecular weight is 341 g/mol. The SMILES string of the molecule is CC1(C)CCC(O)(CNC(=O)c2ccc(Br)nc2)CC1. The van der Waals surface area contributed by atoms with E-state index in [1.54, 1.807) is 12.1 Å². The van der Waals surface area contributed by atoms with Crippen LogP contribution in [0.1, 0.15) is 49.9 Å². The van der Waals surface area contributed by atoms with Gasteiger partial charge in [0.2, 0.25) is 0 Å². The Hall–Kier alpha value is -0.940. The molecule has 0 radical (unpaired) electrons. The van der Waals surface area contributed by atoms with E-state index in [-0.39, 0.29) is 5.91 Å². The zero-order valence-corrected chi connectivity index (χ0v) is 13.5. The fourth-order valence-electron chi connectivity index (χ4n) is 2.43. The Kier molecular flexibility index (Phi) is 4.49. The molecule has 1 aromatic heterocycles. The summed E-state index contributed by atoms with van der Waals surface area (Å²) in [5.41, 5.74) is 0.0350. The number of nitrogens with one attached hydrogen (secondary N) is 1. The summed E-state index contributed by atoms with van der Waals surface area (Å²) in [6.07, 6.45) is 4.96. The van der Waals surface area contributed by atoms with E-state index in [9.17, 15) is 9.90 Å². The van der Waals surface area contributed by atoms with Crippen molar-refractivity contribution in [2.45, 2.75) is 45.1 Å². The number of aromatic nitrogens is 1. The number of carbonyl (C=O) groups is 1. The summed E-state index contributed by atoms with van der Waals surface area (Å²) < 4.78 is 0.696. The highest BCUT2D eigenvalue weighted by atomic mass is 79.9. The van der Waals surface area contributed by atoms with Gasteiger partial charge in [-0.2, -0.15) is 0 Å². The van der Waals surface area contributed by atoms with Crippen LogP contribution in [0.5, 0.6) is 0 Å². The largest absolute Gasteiger partial charge is 0.388 e. The van der Waals surface area contributed by atoms with Gasteiger partial charge >= 0.3 is 0 Å². The third kappa shape index (κ3) is 4.03. The first kappa shape index (κ1) is 15.4. The fourth-order valence-corrected chi connectivity index (χ4v) is 2.66. The van der Waals surface area contributed by atoms with E-state index in [0.717, 1.165) is 25.7 Å². The fraction of sp³-hybridized carbons (Fsp3) is 0.600. The monoisotopic (exact) mass is 340 g/mol. The first-order chi connectivity index (χ1) is 9.30. The summed E-state index contributed by atoms with van der Waals surface area (Å²) in [7, 11) is 0. The van der Waals surface area contributed by atoms with Crippen LogP contribution in [0.2, 0.25) is 0 Å². The standard InChI is InChI=1S/C15H21BrN2O2/c1-14(2)5-7-15(20,8-6-14)10-18-13(19)11-3-4-12(16)17-9-11/h3-4,9,20H,5-8,10H2,1-2H3,(H,18,19). The molecule has 1 heterocycles. The smallest absolute Gasteiger partial charge is 0.252 e. The van der Waals surface area contributed by atoms with Gasteiger partial charge in [-0.05, 0) is 59.2 Å². The van der Waals surface area contributed by atoms with E-state index >= 15 is 0 Å². The average Bonchev–Trinajstić information content (AvgIpc) is 2.41. The number of carbonyl (C=O) groups excluding carboxylic acids is 1. The van der Waals surface area contributed by atoms with E-state index in [2.05, 4.69) is 40.1 Å². The van der Waals surface area contributed by atoms with Gasteiger partial charge in [-0.15, -0.1) is 0 Å². The van der Waals surface area contributed by atoms with Crippen molar-refractivity contribution in [3.05, 3.63) is 28.5 Å². The van der Waals surface area contributed by atoms with Crippen molar-refractivity contribution in [3.8, 4) is 0 Å². The van der Waals surface area contributed by atoms with Crippen molar-refractivity contribution in [3.63, 3.8) is 0 Å². The highest BCUT2D eigenvalue weighted by Crippen LogP contribution is 2.39. The Morgan fingerprint density at radius 2 is 2.00 bits per heavy atom. The lowest BCUT2D eigenvalue weighted by Gasteiger charge is -2.40. The molecule has 2 N–H and O–H groups in total. The van der Waals surface area contributed by atoms with Crippen LogP contribution in [0.3, 0.4) is 0 Å².